The number of hydrogen-bond acceptors (Lipinski definition) is 3. The van der Waals surface area contributed by atoms with Crippen LogP contribution in [-0.2, 0) is 0 Å². The molecular formula is C14H19Cl2NOS. The minimum absolute atomic E-state index is 0.00556. The van der Waals surface area contributed by atoms with Gasteiger partial charge in [0, 0.05) is 16.6 Å². The topological polar surface area (TPSA) is 20.3 Å². The second-order valence-corrected chi connectivity index (χ2v) is 6.42. The fourth-order valence-electron chi connectivity index (χ4n) is 1.69. The van der Waals surface area contributed by atoms with Crippen LogP contribution in [0.1, 0.15) is 23.7 Å². The highest BCUT2D eigenvalue weighted by atomic mass is 35.5. The number of likely N-dealkylation sites (N-methyl/N-ethyl adjacent to an activating group) is 1. The second-order valence-electron chi connectivity index (χ2n) is 4.59. The van der Waals surface area contributed by atoms with Gasteiger partial charge in [-0.15, -0.1) is 0 Å². The molecule has 0 saturated carbocycles. The van der Waals surface area contributed by atoms with Crippen molar-refractivity contribution in [3.8, 4) is 0 Å². The molecule has 0 saturated heterocycles. The summed E-state index contributed by atoms with van der Waals surface area (Å²) in [5, 5.41) is 0.991. The molecule has 0 aliphatic rings. The number of benzene rings is 1. The molecule has 1 rings (SSSR count). The molecule has 0 fully saturated rings. The van der Waals surface area contributed by atoms with Crippen molar-refractivity contribution in [2.24, 2.45) is 0 Å². The first-order valence-electron chi connectivity index (χ1n) is 6.13. The van der Waals surface area contributed by atoms with Crippen molar-refractivity contribution in [1.29, 1.82) is 0 Å². The quantitative estimate of drug-likeness (QED) is 0.701. The zero-order valence-corrected chi connectivity index (χ0v) is 13.8. The number of halogens is 2. The number of ketones is 1. The molecule has 0 spiro atoms. The van der Waals surface area contributed by atoms with Crippen LogP contribution in [0.2, 0.25) is 10.0 Å². The Bertz CT molecular complexity index is 439. The average molecular weight is 320 g/mol. The molecule has 2 nitrogen and oxygen atoms in total. The minimum atomic E-state index is 0.00556. The van der Waals surface area contributed by atoms with Crippen LogP contribution in [0.15, 0.2) is 18.2 Å². The van der Waals surface area contributed by atoms with E-state index in [1.807, 2.05) is 18.8 Å². The van der Waals surface area contributed by atoms with E-state index >= 15 is 0 Å². The van der Waals surface area contributed by atoms with Crippen LogP contribution in [0.4, 0.5) is 0 Å². The highest BCUT2D eigenvalue weighted by molar-refractivity contribution is 7.98. The molecular weight excluding hydrogens is 301 g/mol. The first kappa shape index (κ1) is 16.8. The SMILES string of the molecule is CSCCC(C)N(C)CC(=O)c1cc(Cl)ccc1Cl. The number of nitrogens with zero attached hydrogens (tertiary/aromatic N) is 1. The van der Waals surface area contributed by atoms with Gasteiger partial charge in [0.2, 0.25) is 0 Å². The summed E-state index contributed by atoms with van der Waals surface area (Å²) >= 11 is 13.8. The summed E-state index contributed by atoms with van der Waals surface area (Å²) in [4.78, 5) is 14.3. The van der Waals surface area contributed by atoms with E-state index in [1.54, 1.807) is 18.2 Å². The Kier molecular flexibility index (Phi) is 7.22. The van der Waals surface area contributed by atoms with Crippen molar-refractivity contribution in [3.63, 3.8) is 0 Å². The molecule has 1 atom stereocenters. The molecule has 5 heteroatoms. The van der Waals surface area contributed by atoms with Crippen LogP contribution < -0.4 is 0 Å². The van der Waals surface area contributed by atoms with Crippen LogP contribution in [0.5, 0.6) is 0 Å². The van der Waals surface area contributed by atoms with E-state index in [0.717, 1.165) is 12.2 Å². The summed E-state index contributed by atoms with van der Waals surface area (Å²) in [5.41, 5.74) is 0.498. The van der Waals surface area contributed by atoms with Crippen LogP contribution in [0, 0.1) is 0 Å². The largest absolute Gasteiger partial charge is 0.296 e. The molecule has 0 aliphatic heterocycles. The predicted octanol–water partition coefficient (Wildman–Crippen LogP) is 4.25. The van der Waals surface area contributed by atoms with Crippen molar-refractivity contribution in [1.82, 2.24) is 4.90 Å². The lowest BCUT2D eigenvalue weighted by Crippen LogP contribution is -2.34. The van der Waals surface area contributed by atoms with Gasteiger partial charge < -0.3 is 0 Å². The Balaban J connectivity index is 2.66. The lowest BCUT2D eigenvalue weighted by molar-refractivity contribution is 0.0924. The summed E-state index contributed by atoms with van der Waals surface area (Å²) in [6.07, 6.45) is 3.15. The van der Waals surface area contributed by atoms with Crippen molar-refractivity contribution in [3.05, 3.63) is 33.8 Å². The molecule has 1 aromatic carbocycles. The fraction of sp³-hybridized carbons (Fsp3) is 0.500. The van der Waals surface area contributed by atoms with Crippen molar-refractivity contribution in [2.75, 3.05) is 25.6 Å². The van der Waals surface area contributed by atoms with Gasteiger partial charge in [-0.3, -0.25) is 9.69 Å². The van der Waals surface area contributed by atoms with Crippen LogP contribution in [0.25, 0.3) is 0 Å². The van der Waals surface area contributed by atoms with Gasteiger partial charge in [-0.1, -0.05) is 23.2 Å². The summed E-state index contributed by atoms with van der Waals surface area (Å²) in [6.45, 7) is 2.48. The molecule has 0 aromatic heterocycles. The smallest absolute Gasteiger partial charge is 0.178 e. The lowest BCUT2D eigenvalue weighted by atomic mass is 10.1. The molecule has 0 aliphatic carbocycles. The lowest BCUT2D eigenvalue weighted by Gasteiger charge is -2.23. The third-order valence-electron chi connectivity index (χ3n) is 3.11. The minimum Gasteiger partial charge on any atom is -0.296 e. The Morgan fingerprint density at radius 2 is 2.11 bits per heavy atom. The summed E-state index contributed by atoms with van der Waals surface area (Å²) in [7, 11) is 1.96. The number of Topliss-reactive ketones (excluding diaryl/α,β-unsaturated/α-hetero) is 1. The van der Waals surface area contributed by atoms with Gasteiger partial charge in [-0.25, -0.2) is 0 Å². The number of hydrogen-bond donors (Lipinski definition) is 0. The first-order chi connectivity index (χ1) is 8.95. The van der Waals surface area contributed by atoms with Crippen LogP contribution >= 0.6 is 35.0 Å². The van der Waals surface area contributed by atoms with Crippen molar-refractivity contribution in [2.45, 2.75) is 19.4 Å². The Labute approximate surface area is 129 Å². The van der Waals surface area contributed by atoms with Gasteiger partial charge in [0.1, 0.15) is 0 Å². The standard InChI is InChI=1S/C14H19Cl2NOS/c1-10(6-7-19-3)17(2)9-14(18)12-8-11(15)4-5-13(12)16/h4-5,8,10H,6-7,9H2,1-3H3. The predicted molar refractivity (Wildman–Crippen MR) is 85.9 cm³/mol. The van der Waals surface area contributed by atoms with E-state index in [9.17, 15) is 4.79 Å². The Morgan fingerprint density at radius 3 is 2.74 bits per heavy atom. The summed E-state index contributed by atoms with van der Waals surface area (Å²) in [6, 6.07) is 5.35. The van der Waals surface area contributed by atoms with Gasteiger partial charge in [0.25, 0.3) is 0 Å². The molecule has 0 bridgehead atoms. The normalized spacial score (nSPS) is 12.7. The van der Waals surface area contributed by atoms with Gasteiger partial charge in [0.15, 0.2) is 5.78 Å². The molecule has 0 radical (unpaired) electrons. The summed E-state index contributed by atoms with van der Waals surface area (Å²) in [5.74, 6) is 1.10. The van der Waals surface area contributed by atoms with E-state index in [2.05, 4.69) is 18.1 Å². The van der Waals surface area contributed by atoms with E-state index in [0.29, 0.717) is 28.2 Å². The highest BCUT2D eigenvalue weighted by Crippen LogP contribution is 2.21. The van der Waals surface area contributed by atoms with Gasteiger partial charge >= 0.3 is 0 Å². The number of thioether (sulfide) groups is 1. The number of carbonyl (C=O) groups is 1. The van der Waals surface area contributed by atoms with Gasteiger partial charge in [-0.2, -0.15) is 11.8 Å². The Hall–Kier alpha value is -0.220. The van der Waals surface area contributed by atoms with E-state index < -0.39 is 0 Å². The summed E-state index contributed by atoms with van der Waals surface area (Å²) < 4.78 is 0. The molecule has 0 amide bonds. The number of rotatable bonds is 7. The fourth-order valence-corrected chi connectivity index (χ4v) is 2.66. The van der Waals surface area contributed by atoms with E-state index in [4.69, 9.17) is 23.2 Å². The monoisotopic (exact) mass is 319 g/mol. The molecule has 1 unspecified atom stereocenters. The Morgan fingerprint density at radius 1 is 1.42 bits per heavy atom. The van der Waals surface area contributed by atoms with E-state index in [-0.39, 0.29) is 5.78 Å². The molecule has 0 heterocycles. The van der Waals surface area contributed by atoms with Crippen LogP contribution in [-0.4, -0.2) is 42.3 Å². The van der Waals surface area contributed by atoms with E-state index in [1.165, 1.54) is 0 Å². The van der Waals surface area contributed by atoms with Crippen LogP contribution in [0.3, 0.4) is 0 Å². The third-order valence-corrected chi connectivity index (χ3v) is 4.32. The molecule has 106 valence electrons. The maximum absolute atomic E-state index is 12.2. The maximum atomic E-state index is 12.2. The second kappa shape index (κ2) is 8.15. The molecule has 1 aromatic rings. The molecule has 0 N–H and O–H groups in total. The molecule has 19 heavy (non-hydrogen) atoms. The van der Waals surface area contributed by atoms with Crippen molar-refractivity contribution < 1.29 is 4.79 Å². The zero-order chi connectivity index (χ0) is 14.4. The number of carbonyl (C=O) groups excluding carboxylic acids is 1. The van der Waals surface area contributed by atoms with Gasteiger partial charge in [-0.05, 0) is 50.6 Å². The maximum Gasteiger partial charge on any atom is 0.178 e. The van der Waals surface area contributed by atoms with Gasteiger partial charge in [0.05, 0.1) is 11.6 Å². The van der Waals surface area contributed by atoms with Crippen molar-refractivity contribution >= 4 is 40.7 Å². The zero-order valence-electron chi connectivity index (χ0n) is 11.5. The third kappa shape index (κ3) is 5.35. The highest BCUT2D eigenvalue weighted by Gasteiger charge is 2.16. The average Bonchev–Trinajstić information content (AvgIpc) is 2.38. The first-order valence-corrected chi connectivity index (χ1v) is 8.28.